The summed E-state index contributed by atoms with van der Waals surface area (Å²) in [6, 6.07) is 12.6. The van der Waals surface area contributed by atoms with Gasteiger partial charge in [0.15, 0.2) is 0 Å². The first-order valence-electron chi connectivity index (χ1n) is 9.93. The number of hydrogen-bond donors (Lipinski definition) is 1. The van der Waals surface area contributed by atoms with E-state index in [1.807, 2.05) is 24.3 Å². The van der Waals surface area contributed by atoms with E-state index < -0.39 is 0 Å². The van der Waals surface area contributed by atoms with Gasteiger partial charge in [0, 0.05) is 47.5 Å². The molecular weight excluding hydrogens is 389 g/mol. The fourth-order valence-electron chi connectivity index (χ4n) is 3.43. The normalized spacial score (nSPS) is 11.2. The molecule has 0 radical (unpaired) electrons. The summed E-state index contributed by atoms with van der Waals surface area (Å²) >= 11 is 6.06. The van der Waals surface area contributed by atoms with Crippen molar-refractivity contribution in [1.82, 2.24) is 9.88 Å². The molecular formula is C23H27ClFN3O. The Morgan fingerprint density at radius 2 is 2.00 bits per heavy atom. The molecule has 0 bridgehead atoms. The topological polar surface area (TPSA) is 37.4 Å². The fourth-order valence-corrected chi connectivity index (χ4v) is 3.59. The van der Waals surface area contributed by atoms with Crippen LogP contribution in [0.25, 0.3) is 10.9 Å². The molecule has 4 nitrogen and oxygen atoms in total. The third-order valence-corrected chi connectivity index (χ3v) is 5.09. The summed E-state index contributed by atoms with van der Waals surface area (Å²) in [7, 11) is 1.60. The van der Waals surface area contributed by atoms with E-state index in [9.17, 15) is 4.39 Å². The van der Waals surface area contributed by atoms with E-state index in [0.29, 0.717) is 22.9 Å². The number of benzene rings is 2. The van der Waals surface area contributed by atoms with E-state index in [2.05, 4.69) is 22.1 Å². The molecule has 0 fully saturated rings. The molecule has 0 unspecified atom stereocenters. The standard InChI is InChI=1S/C23H27ClFN3O/c1-3-12-28(16-17-14-19(29-2)6-8-21(17)25)13-4-10-26-22-9-11-27-23-15-18(24)5-7-20(22)23/h5-9,11,14-15H,3-4,10,12-13,16H2,1-2H3,(H,26,27). The Balaban J connectivity index is 1.58. The van der Waals surface area contributed by atoms with Crippen molar-refractivity contribution in [2.75, 3.05) is 32.1 Å². The number of anilines is 1. The number of pyridine rings is 1. The van der Waals surface area contributed by atoms with Gasteiger partial charge in [-0.2, -0.15) is 0 Å². The molecule has 154 valence electrons. The lowest BCUT2D eigenvalue weighted by Crippen LogP contribution is -2.27. The van der Waals surface area contributed by atoms with Crippen molar-refractivity contribution in [1.29, 1.82) is 0 Å². The second kappa shape index (κ2) is 10.4. The highest BCUT2D eigenvalue weighted by molar-refractivity contribution is 6.31. The largest absolute Gasteiger partial charge is 0.497 e. The second-order valence-electron chi connectivity index (χ2n) is 7.03. The average Bonchev–Trinajstić information content (AvgIpc) is 2.72. The van der Waals surface area contributed by atoms with Crippen LogP contribution in [0.1, 0.15) is 25.3 Å². The quantitative estimate of drug-likeness (QED) is 0.428. The summed E-state index contributed by atoms with van der Waals surface area (Å²) < 4.78 is 19.4. The maximum absolute atomic E-state index is 14.2. The summed E-state index contributed by atoms with van der Waals surface area (Å²) in [6.07, 6.45) is 3.76. The van der Waals surface area contributed by atoms with Gasteiger partial charge in [-0.05, 0) is 61.9 Å². The summed E-state index contributed by atoms with van der Waals surface area (Å²) in [4.78, 5) is 6.66. The van der Waals surface area contributed by atoms with Gasteiger partial charge in [-0.3, -0.25) is 9.88 Å². The van der Waals surface area contributed by atoms with Crippen molar-refractivity contribution in [3.05, 3.63) is 65.1 Å². The number of aromatic nitrogens is 1. The van der Waals surface area contributed by atoms with Gasteiger partial charge < -0.3 is 10.1 Å². The van der Waals surface area contributed by atoms with Crippen LogP contribution < -0.4 is 10.1 Å². The van der Waals surface area contributed by atoms with Crippen LogP contribution in [-0.2, 0) is 6.54 Å². The molecule has 1 heterocycles. The van der Waals surface area contributed by atoms with E-state index in [1.54, 1.807) is 25.4 Å². The molecule has 3 aromatic rings. The van der Waals surface area contributed by atoms with Crippen molar-refractivity contribution in [3.63, 3.8) is 0 Å². The van der Waals surface area contributed by atoms with Crippen LogP contribution in [-0.4, -0.2) is 36.6 Å². The van der Waals surface area contributed by atoms with Crippen molar-refractivity contribution >= 4 is 28.2 Å². The van der Waals surface area contributed by atoms with Crippen LogP contribution in [0.15, 0.2) is 48.7 Å². The maximum atomic E-state index is 14.2. The van der Waals surface area contributed by atoms with Gasteiger partial charge >= 0.3 is 0 Å². The number of rotatable bonds is 10. The number of halogens is 2. The van der Waals surface area contributed by atoms with E-state index >= 15 is 0 Å². The Morgan fingerprint density at radius 3 is 2.79 bits per heavy atom. The molecule has 1 aromatic heterocycles. The van der Waals surface area contributed by atoms with Crippen molar-refractivity contribution in [3.8, 4) is 5.75 Å². The fraction of sp³-hybridized carbons (Fsp3) is 0.348. The van der Waals surface area contributed by atoms with Crippen LogP contribution in [0.5, 0.6) is 5.75 Å². The molecule has 0 atom stereocenters. The number of fused-ring (bicyclic) bond motifs is 1. The molecule has 3 rings (SSSR count). The zero-order valence-corrected chi connectivity index (χ0v) is 17.7. The number of nitrogens with one attached hydrogen (secondary N) is 1. The van der Waals surface area contributed by atoms with E-state index in [4.69, 9.17) is 16.3 Å². The SMILES string of the molecule is CCCN(CCCNc1ccnc2cc(Cl)ccc12)Cc1cc(OC)ccc1F. The molecule has 0 aliphatic heterocycles. The third kappa shape index (κ3) is 5.81. The lowest BCUT2D eigenvalue weighted by molar-refractivity contribution is 0.261. The highest BCUT2D eigenvalue weighted by Gasteiger charge is 2.10. The van der Waals surface area contributed by atoms with Gasteiger partial charge in [0.2, 0.25) is 0 Å². The maximum Gasteiger partial charge on any atom is 0.127 e. The van der Waals surface area contributed by atoms with Gasteiger partial charge in [0.25, 0.3) is 0 Å². The van der Waals surface area contributed by atoms with Gasteiger partial charge in [0.05, 0.1) is 12.6 Å². The highest BCUT2D eigenvalue weighted by Crippen LogP contribution is 2.24. The minimum absolute atomic E-state index is 0.188. The van der Waals surface area contributed by atoms with Crippen molar-refractivity contribution in [2.45, 2.75) is 26.3 Å². The number of ether oxygens (including phenoxy) is 1. The summed E-state index contributed by atoms with van der Waals surface area (Å²) in [5.41, 5.74) is 2.60. The Kier molecular flexibility index (Phi) is 7.67. The zero-order valence-electron chi connectivity index (χ0n) is 16.9. The monoisotopic (exact) mass is 415 g/mol. The Bertz CT molecular complexity index is 951. The third-order valence-electron chi connectivity index (χ3n) is 4.86. The first kappa shape index (κ1) is 21.3. The molecule has 1 N–H and O–H groups in total. The highest BCUT2D eigenvalue weighted by atomic mass is 35.5. The first-order chi connectivity index (χ1) is 14.1. The number of nitrogens with zero attached hydrogens (tertiary/aromatic N) is 2. The summed E-state index contributed by atoms with van der Waals surface area (Å²) in [5.74, 6) is 0.496. The second-order valence-corrected chi connectivity index (χ2v) is 7.47. The molecule has 0 saturated carbocycles. The van der Waals surface area contributed by atoms with E-state index in [-0.39, 0.29) is 5.82 Å². The Labute approximate surface area is 176 Å². The number of hydrogen-bond acceptors (Lipinski definition) is 4. The van der Waals surface area contributed by atoms with Gasteiger partial charge in [-0.25, -0.2) is 4.39 Å². The minimum Gasteiger partial charge on any atom is -0.497 e. The molecule has 0 spiro atoms. The summed E-state index contributed by atoms with van der Waals surface area (Å²) in [6.45, 7) is 5.34. The van der Waals surface area contributed by atoms with Crippen LogP contribution in [0, 0.1) is 5.82 Å². The minimum atomic E-state index is -0.188. The molecule has 0 aliphatic carbocycles. The van der Waals surface area contributed by atoms with Crippen LogP contribution >= 0.6 is 11.6 Å². The van der Waals surface area contributed by atoms with Crippen molar-refractivity contribution < 1.29 is 9.13 Å². The Hall–Kier alpha value is -2.37. The van der Waals surface area contributed by atoms with E-state index in [1.165, 1.54) is 6.07 Å². The number of methoxy groups -OCH3 is 1. The Morgan fingerprint density at radius 1 is 1.14 bits per heavy atom. The van der Waals surface area contributed by atoms with Crippen LogP contribution in [0.2, 0.25) is 5.02 Å². The van der Waals surface area contributed by atoms with Crippen molar-refractivity contribution in [2.24, 2.45) is 0 Å². The molecule has 6 heteroatoms. The lowest BCUT2D eigenvalue weighted by atomic mass is 10.1. The van der Waals surface area contributed by atoms with E-state index in [0.717, 1.165) is 49.1 Å². The molecule has 0 amide bonds. The molecule has 0 aliphatic rings. The lowest BCUT2D eigenvalue weighted by Gasteiger charge is -2.22. The smallest absolute Gasteiger partial charge is 0.127 e. The van der Waals surface area contributed by atoms with Gasteiger partial charge in [-0.15, -0.1) is 0 Å². The molecule has 0 saturated heterocycles. The summed E-state index contributed by atoms with van der Waals surface area (Å²) in [5, 5.41) is 5.23. The molecule has 2 aromatic carbocycles. The average molecular weight is 416 g/mol. The van der Waals surface area contributed by atoms with Crippen LogP contribution in [0.3, 0.4) is 0 Å². The predicted molar refractivity (Wildman–Crippen MR) is 118 cm³/mol. The van der Waals surface area contributed by atoms with Crippen LogP contribution in [0.4, 0.5) is 10.1 Å². The molecule has 29 heavy (non-hydrogen) atoms. The van der Waals surface area contributed by atoms with Gasteiger partial charge in [-0.1, -0.05) is 18.5 Å². The predicted octanol–water partition coefficient (Wildman–Crippen LogP) is 5.75. The first-order valence-corrected chi connectivity index (χ1v) is 10.3. The zero-order chi connectivity index (χ0) is 20.6. The van der Waals surface area contributed by atoms with Gasteiger partial charge in [0.1, 0.15) is 11.6 Å².